The average molecular weight is 190 g/mol. The number of hydrogen-bond donors (Lipinski definition) is 1. The van der Waals surface area contributed by atoms with Crippen LogP contribution in [0.5, 0.6) is 5.75 Å². The van der Waals surface area contributed by atoms with E-state index in [9.17, 15) is 5.11 Å². The Hall–Kier alpha value is -1.02. The van der Waals surface area contributed by atoms with Crippen LogP contribution in [-0.4, -0.2) is 17.8 Å². The number of hydrogen-bond acceptors (Lipinski definition) is 2. The van der Waals surface area contributed by atoms with Gasteiger partial charge in [-0.3, -0.25) is 0 Å². The molecule has 2 aliphatic rings. The number of benzene rings is 1. The SMILES string of the molecule is OC(C1CC1)C1COc2ccccc21. The fraction of sp³-hybridized carbons (Fsp3) is 0.500. The number of fused-ring (bicyclic) bond motifs is 1. The molecule has 0 amide bonds. The summed E-state index contributed by atoms with van der Waals surface area (Å²) in [5.74, 6) is 1.69. The zero-order valence-corrected chi connectivity index (χ0v) is 8.02. The lowest BCUT2D eigenvalue weighted by atomic mass is 9.93. The molecule has 1 heterocycles. The van der Waals surface area contributed by atoms with Crippen molar-refractivity contribution in [3.8, 4) is 5.75 Å². The first kappa shape index (κ1) is 8.30. The van der Waals surface area contributed by atoms with Crippen molar-refractivity contribution in [1.82, 2.24) is 0 Å². The lowest BCUT2D eigenvalue weighted by Gasteiger charge is -2.15. The van der Waals surface area contributed by atoms with Gasteiger partial charge in [-0.25, -0.2) is 0 Å². The van der Waals surface area contributed by atoms with Crippen molar-refractivity contribution < 1.29 is 9.84 Å². The first-order valence-corrected chi connectivity index (χ1v) is 5.26. The average Bonchev–Trinajstić information content (AvgIpc) is 2.97. The van der Waals surface area contributed by atoms with E-state index in [1.54, 1.807) is 0 Å². The summed E-state index contributed by atoms with van der Waals surface area (Å²) in [4.78, 5) is 0. The van der Waals surface area contributed by atoms with Crippen LogP contribution >= 0.6 is 0 Å². The zero-order chi connectivity index (χ0) is 9.54. The minimum Gasteiger partial charge on any atom is -0.493 e. The van der Waals surface area contributed by atoms with Crippen molar-refractivity contribution in [2.75, 3.05) is 6.61 Å². The van der Waals surface area contributed by atoms with Crippen LogP contribution in [-0.2, 0) is 0 Å². The van der Waals surface area contributed by atoms with Gasteiger partial charge in [0, 0.05) is 11.5 Å². The lowest BCUT2D eigenvalue weighted by molar-refractivity contribution is 0.108. The molecule has 0 saturated heterocycles. The predicted molar refractivity (Wildman–Crippen MR) is 53.4 cm³/mol. The molecule has 2 nitrogen and oxygen atoms in total. The molecule has 1 N–H and O–H groups in total. The molecule has 1 aliphatic carbocycles. The third-order valence-corrected chi connectivity index (χ3v) is 3.25. The minimum absolute atomic E-state index is 0.196. The van der Waals surface area contributed by atoms with Crippen molar-refractivity contribution >= 4 is 0 Å². The van der Waals surface area contributed by atoms with E-state index in [4.69, 9.17) is 4.74 Å². The smallest absolute Gasteiger partial charge is 0.123 e. The second-order valence-corrected chi connectivity index (χ2v) is 4.28. The minimum atomic E-state index is -0.196. The second-order valence-electron chi connectivity index (χ2n) is 4.28. The van der Waals surface area contributed by atoms with E-state index in [1.807, 2.05) is 18.2 Å². The van der Waals surface area contributed by atoms with Gasteiger partial charge < -0.3 is 9.84 Å². The highest BCUT2D eigenvalue weighted by Crippen LogP contribution is 2.43. The molecule has 0 spiro atoms. The summed E-state index contributed by atoms with van der Waals surface area (Å²) in [7, 11) is 0. The molecule has 1 aromatic carbocycles. The molecule has 14 heavy (non-hydrogen) atoms. The van der Waals surface area contributed by atoms with Crippen molar-refractivity contribution in [3.05, 3.63) is 29.8 Å². The maximum absolute atomic E-state index is 10.1. The molecule has 1 aliphatic heterocycles. The highest BCUT2D eigenvalue weighted by atomic mass is 16.5. The number of aliphatic hydroxyl groups is 1. The number of para-hydroxylation sites is 1. The van der Waals surface area contributed by atoms with Gasteiger partial charge in [0.2, 0.25) is 0 Å². The van der Waals surface area contributed by atoms with E-state index in [0.29, 0.717) is 12.5 Å². The van der Waals surface area contributed by atoms with Crippen LogP contribution in [0, 0.1) is 5.92 Å². The van der Waals surface area contributed by atoms with Gasteiger partial charge in [-0.15, -0.1) is 0 Å². The van der Waals surface area contributed by atoms with E-state index in [0.717, 1.165) is 5.75 Å². The quantitative estimate of drug-likeness (QED) is 0.772. The van der Waals surface area contributed by atoms with Crippen LogP contribution in [0.15, 0.2) is 24.3 Å². The first-order chi connectivity index (χ1) is 6.86. The van der Waals surface area contributed by atoms with Crippen molar-refractivity contribution in [2.24, 2.45) is 5.92 Å². The molecule has 0 radical (unpaired) electrons. The molecule has 0 bridgehead atoms. The molecule has 1 saturated carbocycles. The monoisotopic (exact) mass is 190 g/mol. The van der Waals surface area contributed by atoms with Crippen LogP contribution in [0.1, 0.15) is 24.3 Å². The molecule has 1 aromatic rings. The van der Waals surface area contributed by atoms with Gasteiger partial charge in [-0.1, -0.05) is 18.2 Å². The Balaban J connectivity index is 1.89. The normalized spacial score (nSPS) is 26.8. The van der Waals surface area contributed by atoms with Gasteiger partial charge in [0.05, 0.1) is 12.7 Å². The van der Waals surface area contributed by atoms with Crippen LogP contribution in [0.4, 0.5) is 0 Å². The highest BCUT2D eigenvalue weighted by Gasteiger charge is 2.39. The van der Waals surface area contributed by atoms with E-state index < -0.39 is 0 Å². The third-order valence-electron chi connectivity index (χ3n) is 3.25. The Morgan fingerprint density at radius 3 is 2.86 bits per heavy atom. The summed E-state index contributed by atoms with van der Waals surface area (Å²) in [5, 5.41) is 10.1. The molecule has 3 rings (SSSR count). The predicted octanol–water partition coefficient (Wildman–Crippen LogP) is 1.93. The topological polar surface area (TPSA) is 29.5 Å². The van der Waals surface area contributed by atoms with E-state index >= 15 is 0 Å². The molecule has 0 aromatic heterocycles. The van der Waals surface area contributed by atoms with Crippen LogP contribution in [0.2, 0.25) is 0 Å². The molecule has 74 valence electrons. The Morgan fingerprint density at radius 1 is 1.29 bits per heavy atom. The van der Waals surface area contributed by atoms with Gasteiger partial charge in [-0.05, 0) is 24.8 Å². The van der Waals surface area contributed by atoms with Gasteiger partial charge in [-0.2, -0.15) is 0 Å². The fourth-order valence-corrected chi connectivity index (χ4v) is 2.24. The van der Waals surface area contributed by atoms with E-state index in [1.165, 1.54) is 18.4 Å². The van der Waals surface area contributed by atoms with Crippen molar-refractivity contribution in [3.63, 3.8) is 0 Å². The number of rotatable bonds is 2. The third kappa shape index (κ3) is 1.22. The maximum Gasteiger partial charge on any atom is 0.123 e. The summed E-state index contributed by atoms with van der Waals surface area (Å²) in [5.41, 5.74) is 1.19. The van der Waals surface area contributed by atoms with Gasteiger partial charge in [0.15, 0.2) is 0 Å². The summed E-state index contributed by atoms with van der Waals surface area (Å²) >= 11 is 0. The molecule has 2 unspecified atom stereocenters. The first-order valence-electron chi connectivity index (χ1n) is 5.26. The molecule has 1 fully saturated rings. The van der Waals surface area contributed by atoms with E-state index in [-0.39, 0.29) is 12.0 Å². The summed E-state index contributed by atoms with van der Waals surface area (Å²) < 4.78 is 5.55. The largest absolute Gasteiger partial charge is 0.493 e. The molecular weight excluding hydrogens is 176 g/mol. The van der Waals surface area contributed by atoms with Crippen LogP contribution in [0.3, 0.4) is 0 Å². The van der Waals surface area contributed by atoms with Crippen molar-refractivity contribution in [2.45, 2.75) is 24.9 Å². The standard InChI is InChI=1S/C12H14O2/c13-12(8-5-6-8)10-7-14-11-4-2-1-3-9(10)11/h1-4,8,10,12-13H,5-7H2. The molecular formula is C12H14O2. The van der Waals surface area contributed by atoms with Crippen LogP contribution in [0.25, 0.3) is 0 Å². The van der Waals surface area contributed by atoms with Gasteiger partial charge >= 0.3 is 0 Å². The van der Waals surface area contributed by atoms with E-state index in [2.05, 4.69) is 6.07 Å². The lowest BCUT2D eigenvalue weighted by Crippen LogP contribution is -2.21. The summed E-state index contributed by atoms with van der Waals surface area (Å²) in [6, 6.07) is 8.04. The zero-order valence-electron chi connectivity index (χ0n) is 8.02. The Bertz CT molecular complexity index is 344. The fourth-order valence-electron chi connectivity index (χ4n) is 2.24. The number of ether oxygens (including phenoxy) is 1. The van der Waals surface area contributed by atoms with Gasteiger partial charge in [0.25, 0.3) is 0 Å². The summed E-state index contributed by atoms with van der Waals surface area (Å²) in [6.45, 7) is 0.650. The van der Waals surface area contributed by atoms with Gasteiger partial charge in [0.1, 0.15) is 5.75 Å². The molecule has 2 heteroatoms. The second kappa shape index (κ2) is 2.99. The Labute approximate surface area is 83.5 Å². The highest BCUT2D eigenvalue weighted by molar-refractivity contribution is 5.40. The number of aliphatic hydroxyl groups excluding tert-OH is 1. The molecule has 2 atom stereocenters. The summed E-state index contributed by atoms with van der Waals surface area (Å²) in [6.07, 6.45) is 2.17. The van der Waals surface area contributed by atoms with Crippen LogP contribution < -0.4 is 4.74 Å². The Kier molecular flexibility index (Phi) is 1.77. The Morgan fingerprint density at radius 2 is 2.07 bits per heavy atom. The maximum atomic E-state index is 10.1. The van der Waals surface area contributed by atoms with Crippen molar-refractivity contribution in [1.29, 1.82) is 0 Å².